The minimum atomic E-state index is -0.151. The molecule has 3 nitrogen and oxygen atoms in total. The van der Waals surface area contributed by atoms with Gasteiger partial charge in [-0.1, -0.05) is 26.0 Å². The molecule has 19 heavy (non-hydrogen) atoms. The van der Waals surface area contributed by atoms with Crippen LogP contribution in [0.2, 0.25) is 0 Å². The molecule has 1 aromatic carbocycles. The van der Waals surface area contributed by atoms with Crippen LogP contribution in [-0.4, -0.2) is 35.8 Å². The lowest BCUT2D eigenvalue weighted by atomic mass is 10.1. The monoisotopic (exact) mass is 263 g/mol. The number of hydrogen-bond donors (Lipinski definition) is 1. The molecule has 0 bridgehead atoms. The number of β-amino-alcohol motifs (C(OH)–C–C–N with tert-alkyl or cyclic N) is 1. The van der Waals surface area contributed by atoms with E-state index in [1.54, 1.807) is 0 Å². The number of aliphatic hydroxyl groups excluding tert-OH is 1. The van der Waals surface area contributed by atoms with Crippen LogP contribution in [0, 0.1) is 5.92 Å². The number of aliphatic hydroxyl groups is 1. The number of nitrogens with zero attached hydrogens (tertiary/aromatic N) is 1. The van der Waals surface area contributed by atoms with Crippen molar-refractivity contribution < 1.29 is 9.84 Å². The van der Waals surface area contributed by atoms with Gasteiger partial charge in [0.05, 0.1) is 12.7 Å². The van der Waals surface area contributed by atoms with Gasteiger partial charge < -0.3 is 9.84 Å². The maximum atomic E-state index is 9.66. The van der Waals surface area contributed by atoms with Gasteiger partial charge in [0.25, 0.3) is 0 Å². The number of ether oxygens (including phenoxy) is 1. The van der Waals surface area contributed by atoms with E-state index in [-0.39, 0.29) is 6.10 Å². The maximum absolute atomic E-state index is 9.66. The van der Waals surface area contributed by atoms with Crippen LogP contribution in [-0.2, 0) is 6.54 Å². The molecule has 1 aliphatic heterocycles. The van der Waals surface area contributed by atoms with Gasteiger partial charge in [-0.25, -0.2) is 0 Å². The van der Waals surface area contributed by atoms with E-state index < -0.39 is 0 Å². The lowest BCUT2D eigenvalue weighted by Crippen LogP contribution is -2.37. The van der Waals surface area contributed by atoms with Crippen molar-refractivity contribution in [3.63, 3.8) is 0 Å². The molecule has 1 aliphatic rings. The Labute approximate surface area is 116 Å². The molecule has 1 unspecified atom stereocenters. The van der Waals surface area contributed by atoms with E-state index >= 15 is 0 Å². The SMILES string of the molecule is CC(C)COc1ccc(CN2CCCC(O)C2)cc1. The van der Waals surface area contributed by atoms with Gasteiger partial charge in [-0.3, -0.25) is 4.90 Å². The second-order valence-corrected chi connectivity index (χ2v) is 5.88. The topological polar surface area (TPSA) is 32.7 Å². The Bertz CT molecular complexity index is 375. The van der Waals surface area contributed by atoms with Gasteiger partial charge in [-0.05, 0) is 43.0 Å². The first kappa shape index (κ1) is 14.4. The van der Waals surface area contributed by atoms with Crippen molar-refractivity contribution in [1.29, 1.82) is 0 Å². The molecule has 3 heteroatoms. The normalized spacial score (nSPS) is 20.7. The highest BCUT2D eigenvalue weighted by Gasteiger charge is 2.17. The summed E-state index contributed by atoms with van der Waals surface area (Å²) in [6.45, 7) is 7.86. The molecule has 1 saturated heterocycles. The molecule has 1 N–H and O–H groups in total. The van der Waals surface area contributed by atoms with Crippen molar-refractivity contribution in [2.24, 2.45) is 5.92 Å². The predicted molar refractivity (Wildman–Crippen MR) is 77.3 cm³/mol. The molecule has 0 aliphatic carbocycles. The zero-order chi connectivity index (χ0) is 13.7. The Morgan fingerprint density at radius 1 is 1.32 bits per heavy atom. The molecule has 0 radical (unpaired) electrons. The summed E-state index contributed by atoms with van der Waals surface area (Å²) >= 11 is 0. The number of piperidine rings is 1. The van der Waals surface area contributed by atoms with Crippen molar-refractivity contribution in [1.82, 2.24) is 4.90 Å². The lowest BCUT2D eigenvalue weighted by molar-refractivity contribution is 0.0668. The molecular weight excluding hydrogens is 238 g/mol. The summed E-state index contributed by atoms with van der Waals surface area (Å²) in [4.78, 5) is 2.32. The summed E-state index contributed by atoms with van der Waals surface area (Å²) in [6, 6.07) is 8.32. The summed E-state index contributed by atoms with van der Waals surface area (Å²) in [7, 11) is 0. The van der Waals surface area contributed by atoms with Crippen molar-refractivity contribution >= 4 is 0 Å². The van der Waals surface area contributed by atoms with E-state index in [0.29, 0.717) is 5.92 Å². The summed E-state index contributed by atoms with van der Waals surface area (Å²) in [5, 5.41) is 9.66. The lowest BCUT2D eigenvalue weighted by Gasteiger charge is -2.29. The first-order valence-electron chi connectivity index (χ1n) is 7.25. The zero-order valence-electron chi connectivity index (χ0n) is 12.0. The molecule has 1 fully saturated rings. The van der Waals surface area contributed by atoms with Crippen LogP contribution in [0.5, 0.6) is 5.75 Å². The van der Waals surface area contributed by atoms with E-state index in [9.17, 15) is 5.11 Å². The van der Waals surface area contributed by atoms with Gasteiger partial charge in [-0.2, -0.15) is 0 Å². The van der Waals surface area contributed by atoms with Gasteiger partial charge in [0.1, 0.15) is 5.75 Å². The predicted octanol–water partition coefficient (Wildman–Crippen LogP) is 2.68. The molecule has 2 rings (SSSR count). The second kappa shape index (κ2) is 6.92. The smallest absolute Gasteiger partial charge is 0.119 e. The van der Waals surface area contributed by atoms with Crippen LogP contribution in [0.3, 0.4) is 0 Å². The first-order valence-corrected chi connectivity index (χ1v) is 7.25. The first-order chi connectivity index (χ1) is 9.13. The van der Waals surface area contributed by atoms with Crippen LogP contribution in [0.15, 0.2) is 24.3 Å². The minimum absolute atomic E-state index is 0.151. The van der Waals surface area contributed by atoms with E-state index in [0.717, 1.165) is 44.8 Å². The second-order valence-electron chi connectivity index (χ2n) is 5.88. The minimum Gasteiger partial charge on any atom is -0.493 e. The molecule has 0 aromatic heterocycles. The zero-order valence-corrected chi connectivity index (χ0v) is 12.0. The molecule has 106 valence electrons. The summed E-state index contributed by atoms with van der Waals surface area (Å²) in [5.74, 6) is 1.49. The number of likely N-dealkylation sites (tertiary alicyclic amines) is 1. The largest absolute Gasteiger partial charge is 0.493 e. The highest BCUT2D eigenvalue weighted by Crippen LogP contribution is 2.17. The van der Waals surface area contributed by atoms with Crippen molar-refractivity contribution in [3.8, 4) is 5.75 Å². The molecule has 0 spiro atoms. The van der Waals surface area contributed by atoms with E-state index in [1.165, 1.54) is 5.56 Å². The van der Waals surface area contributed by atoms with Crippen LogP contribution in [0.1, 0.15) is 32.3 Å². The maximum Gasteiger partial charge on any atom is 0.119 e. The third-order valence-corrected chi connectivity index (χ3v) is 3.39. The molecule has 0 saturated carbocycles. The molecule has 0 amide bonds. The number of hydrogen-bond acceptors (Lipinski definition) is 3. The van der Waals surface area contributed by atoms with Gasteiger partial charge >= 0.3 is 0 Å². The van der Waals surface area contributed by atoms with Gasteiger partial charge in [0.2, 0.25) is 0 Å². The van der Waals surface area contributed by atoms with Crippen molar-refractivity contribution in [3.05, 3.63) is 29.8 Å². The summed E-state index contributed by atoms with van der Waals surface area (Å²) in [6.07, 6.45) is 1.89. The fourth-order valence-electron chi connectivity index (χ4n) is 2.39. The van der Waals surface area contributed by atoms with E-state index in [2.05, 4.69) is 30.9 Å². The Balaban J connectivity index is 1.84. The van der Waals surface area contributed by atoms with E-state index in [4.69, 9.17) is 4.74 Å². The van der Waals surface area contributed by atoms with Crippen molar-refractivity contribution in [2.45, 2.75) is 39.3 Å². The van der Waals surface area contributed by atoms with Crippen LogP contribution in [0.25, 0.3) is 0 Å². The highest BCUT2D eigenvalue weighted by atomic mass is 16.5. The molecule has 1 heterocycles. The highest BCUT2D eigenvalue weighted by molar-refractivity contribution is 5.27. The third kappa shape index (κ3) is 4.84. The van der Waals surface area contributed by atoms with Crippen LogP contribution in [0.4, 0.5) is 0 Å². The Hall–Kier alpha value is -1.06. The molecule has 1 aromatic rings. The van der Waals surface area contributed by atoms with Crippen molar-refractivity contribution in [2.75, 3.05) is 19.7 Å². The number of benzene rings is 1. The quantitative estimate of drug-likeness (QED) is 0.886. The van der Waals surface area contributed by atoms with E-state index in [1.807, 2.05) is 12.1 Å². The fourth-order valence-corrected chi connectivity index (χ4v) is 2.39. The Morgan fingerprint density at radius 2 is 2.05 bits per heavy atom. The van der Waals surface area contributed by atoms with Gasteiger partial charge in [0, 0.05) is 13.1 Å². The molecular formula is C16H25NO2. The van der Waals surface area contributed by atoms with Crippen LogP contribution >= 0.6 is 0 Å². The Kier molecular flexibility index (Phi) is 5.23. The summed E-state index contributed by atoms with van der Waals surface area (Å²) < 4.78 is 5.68. The molecule has 1 atom stereocenters. The summed E-state index contributed by atoms with van der Waals surface area (Å²) in [5.41, 5.74) is 1.28. The van der Waals surface area contributed by atoms with Gasteiger partial charge in [0.15, 0.2) is 0 Å². The van der Waals surface area contributed by atoms with Gasteiger partial charge in [-0.15, -0.1) is 0 Å². The van der Waals surface area contributed by atoms with Crippen LogP contribution < -0.4 is 4.74 Å². The standard InChI is InChI=1S/C16H25NO2/c1-13(2)12-19-16-7-5-14(6-8-16)10-17-9-3-4-15(18)11-17/h5-8,13,15,18H,3-4,9-12H2,1-2H3. The fraction of sp³-hybridized carbons (Fsp3) is 0.625. The average Bonchev–Trinajstić information content (AvgIpc) is 2.38. The third-order valence-electron chi connectivity index (χ3n) is 3.39. The average molecular weight is 263 g/mol. The Morgan fingerprint density at radius 3 is 2.68 bits per heavy atom. The number of rotatable bonds is 5.